The number of carbonyl (C=O) groups excluding carboxylic acids is 1. The van der Waals surface area contributed by atoms with E-state index in [0.29, 0.717) is 37.7 Å². The topological polar surface area (TPSA) is 44.8 Å². The Labute approximate surface area is 115 Å². The summed E-state index contributed by atoms with van der Waals surface area (Å²) in [6, 6.07) is 5.37. The molecule has 1 aromatic carbocycles. The van der Waals surface area contributed by atoms with E-state index in [1.807, 2.05) is 6.07 Å². The Bertz CT molecular complexity index is 368. The van der Waals surface area contributed by atoms with Crippen molar-refractivity contribution in [3.63, 3.8) is 0 Å². The third-order valence-corrected chi connectivity index (χ3v) is 2.86. The SMILES string of the molecule is COCCOCCCOc1c(Br)cccc1C=O. The number of rotatable bonds is 9. The summed E-state index contributed by atoms with van der Waals surface area (Å²) in [5.74, 6) is 0.587. The lowest BCUT2D eigenvalue weighted by molar-refractivity contribution is 0.0643. The molecule has 0 aliphatic carbocycles. The zero-order valence-corrected chi connectivity index (χ0v) is 11.9. The maximum atomic E-state index is 10.8. The van der Waals surface area contributed by atoms with Gasteiger partial charge < -0.3 is 14.2 Å². The molecule has 0 N–H and O–H groups in total. The summed E-state index contributed by atoms with van der Waals surface area (Å²) < 4.78 is 16.5. The molecule has 0 bridgehead atoms. The van der Waals surface area contributed by atoms with Crippen molar-refractivity contribution < 1.29 is 19.0 Å². The number of ether oxygens (including phenoxy) is 3. The Kier molecular flexibility index (Phi) is 7.64. The van der Waals surface area contributed by atoms with E-state index in [1.165, 1.54) is 0 Å². The summed E-state index contributed by atoms with van der Waals surface area (Å²) in [4.78, 5) is 10.8. The van der Waals surface area contributed by atoms with Crippen LogP contribution in [0.4, 0.5) is 0 Å². The Balaban J connectivity index is 2.29. The molecule has 18 heavy (non-hydrogen) atoms. The van der Waals surface area contributed by atoms with E-state index in [2.05, 4.69) is 15.9 Å². The molecular formula is C13H17BrO4. The maximum absolute atomic E-state index is 10.8. The van der Waals surface area contributed by atoms with E-state index in [4.69, 9.17) is 14.2 Å². The largest absolute Gasteiger partial charge is 0.492 e. The number of para-hydroxylation sites is 1. The van der Waals surface area contributed by atoms with Gasteiger partial charge in [-0.05, 0) is 28.1 Å². The van der Waals surface area contributed by atoms with Gasteiger partial charge >= 0.3 is 0 Å². The van der Waals surface area contributed by atoms with Crippen molar-refractivity contribution in [2.24, 2.45) is 0 Å². The van der Waals surface area contributed by atoms with E-state index in [-0.39, 0.29) is 0 Å². The molecule has 1 rings (SSSR count). The fourth-order valence-electron chi connectivity index (χ4n) is 1.35. The van der Waals surface area contributed by atoms with Gasteiger partial charge in [0.15, 0.2) is 6.29 Å². The predicted molar refractivity (Wildman–Crippen MR) is 72.3 cm³/mol. The number of carbonyl (C=O) groups is 1. The molecule has 100 valence electrons. The maximum Gasteiger partial charge on any atom is 0.153 e. The highest BCUT2D eigenvalue weighted by Gasteiger charge is 2.06. The summed E-state index contributed by atoms with van der Waals surface area (Å²) in [6.45, 7) is 2.31. The lowest BCUT2D eigenvalue weighted by Crippen LogP contribution is -2.07. The van der Waals surface area contributed by atoms with Gasteiger partial charge in [-0.1, -0.05) is 6.07 Å². The molecule has 0 saturated carbocycles. The summed E-state index contributed by atoms with van der Waals surface area (Å²) in [5, 5.41) is 0. The molecule has 0 radical (unpaired) electrons. The summed E-state index contributed by atoms with van der Waals surface area (Å²) in [6.07, 6.45) is 1.55. The Morgan fingerprint density at radius 3 is 2.78 bits per heavy atom. The molecule has 5 heteroatoms. The predicted octanol–water partition coefficient (Wildman–Crippen LogP) is 2.69. The van der Waals surface area contributed by atoms with Gasteiger partial charge in [0.25, 0.3) is 0 Å². The highest BCUT2D eigenvalue weighted by Crippen LogP contribution is 2.27. The first kappa shape index (κ1) is 15.1. The molecule has 0 unspecified atom stereocenters. The van der Waals surface area contributed by atoms with Crippen molar-refractivity contribution in [3.05, 3.63) is 28.2 Å². The van der Waals surface area contributed by atoms with E-state index in [0.717, 1.165) is 17.2 Å². The van der Waals surface area contributed by atoms with E-state index in [1.54, 1.807) is 19.2 Å². The van der Waals surface area contributed by atoms with Gasteiger partial charge in [-0.3, -0.25) is 4.79 Å². The molecule has 0 fully saturated rings. The molecule has 0 saturated heterocycles. The Morgan fingerprint density at radius 1 is 1.22 bits per heavy atom. The molecule has 0 spiro atoms. The minimum Gasteiger partial charge on any atom is -0.492 e. The average Bonchev–Trinajstić information content (AvgIpc) is 2.39. The summed E-state index contributed by atoms with van der Waals surface area (Å²) in [7, 11) is 1.64. The van der Waals surface area contributed by atoms with Crippen molar-refractivity contribution in [2.45, 2.75) is 6.42 Å². The Morgan fingerprint density at radius 2 is 2.06 bits per heavy atom. The lowest BCUT2D eigenvalue weighted by atomic mass is 10.2. The molecule has 0 aliphatic rings. The number of benzene rings is 1. The zero-order valence-electron chi connectivity index (χ0n) is 10.4. The quantitative estimate of drug-likeness (QED) is 0.519. The van der Waals surface area contributed by atoms with Gasteiger partial charge in [-0.25, -0.2) is 0 Å². The molecule has 0 heterocycles. The second-order valence-electron chi connectivity index (χ2n) is 3.58. The molecule has 1 aromatic rings. The summed E-state index contributed by atoms with van der Waals surface area (Å²) in [5.41, 5.74) is 0.546. The van der Waals surface area contributed by atoms with E-state index < -0.39 is 0 Å². The van der Waals surface area contributed by atoms with Crippen LogP contribution in [-0.2, 0) is 9.47 Å². The first-order chi connectivity index (χ1) is 8.79. The monoisotopic (exact) mass is 316 g/mol. The normalized spacial score (nSPS) is 10.3. The highest BCUT2D eigenvalue weighted by molar-refractivity contribution is 9.10. The van der Waals surface area contributed by atoms with Gasteiger partial charge in [-0.2, -0.15) is 0 Å². The van der Waals surface area contributed by atoms with Gasteiger partial charge in [0.1, 0.15) is 5.75 Å². The van der Waals surface area contributed by atoms with Crippen LogP contribution in [0.2, 0.25) is 0 Å². The van der Waals surface area contributed by atoms with Crippen LogP contribution in [0.15, 0.2) is 22.7 Å². The van der Waals surface area contributed by atoms with Crippen LogP contribution in [0.25, 0.3) is 0 Å². The number of hydrogen-bond donors (Lipinski definition) is 0. The number of hydrogen-bond acceptors (Lipinski definition) is 4. The first-order valence-corrected chi connectivity index (χ1v) is 6.52. The lowest BCUT2D eigenvalue weighted by Gasteiger charge is -2.10. The van der Waals surface area contributed by atoms with Crippen LogP contribution in [0.5, 0.6) is 5.75 Å². The standard InChI is InChI=1S/C13H17BrO4/c1-16-8-9-17-6-3-7-18-13-11(10-15)4-2-5-12(13)14/h2,4-5,10H,3,6-9H2,1H3. The number of aldehydes is 1. The van der Waals surface area contributed by atoms with E-state index in [9.17, 15) is 4.79 Å². The molecule has 4 nitrogen and oxygen atoms in total. The van der Waals surface area contributed by atoms with Crippen LogP contribution in [0, 0.1) is 0 Å². The van der Waals surface area contributed by atoms with Gasteiger partial charge in [0.05, 0.1) is 29.9 Å². The second kappa shape index (κ2) is 9.08. The van der Waals surface area contributed by atoms with Crippen molar-refractivity contribution in [1.29, 1.82) is 0 Å². The van der Waals surface area contributed by atoms with Crippen LogP contribution < -0.4 is 4.74 Å². The van der Waals surface area contributed by atoms with Crippen LogP contribution in [0.3, 0.4) is 0 Å². The Hall–Kier alpha value is -0.910. The zero-order chi connectivity index (χ0) is 13.2. The van der Waals surface area contributed by atoms with Gasteiger partial charge in [0.2, 0.25) is 0 Å². The molecule has 0 atom stereocenters. The molecule has 0 aromatic heterocycles. The van der Waals surface area contributed by atoms with Crippen LogP contribution in [-0.4, -0.2) is 39.8 Å². The first-order valence-electron chi connectivity index (χ1n) is 5.72. The van der Waals surface area contributed by atoms with Crippen molar-refractivity contribution >= 4 is 22.2 Å². The van der Waals surface area contributed by atoms with Crippen LogP contribution in [0.1, 0.15) is 16.8 Å². The fourth-order valence-corrected chi connectivity index (χ4v) is 1.85. The van der Waals surface area contributed by atoms with Gasteiger partial charge in [0, 0.05) is 20.1 Å². The van der Waals surface area contributed by atoms with E-state index >= 15 is 0 Å². The van der Waals surface area contributed by atoms with Crippen molar-refractivity contribution in [3.8, 4) is 5.75 Å². The molecule has 0 aliphatic heterocycles. The fraction of sp³-hybridized carbons (Fsp3) is 0.462. The third-order valence-electron chi connectivity index (χ3n) is 2.24. The minimum absolute atomic E-state index is 0.510. The average molecular weight is 317 g/mol. The molecule has 0 amide bonds. The van der Waals surface area contributed by atoms with Gasteiger partial charge in [-0.15, -0.1) is 0 Å². The number of methoxy groups -OCH3 is 1. The summed E-state index contributed by atoms with van der Waals surface area (Å²) >= 11 is 3.36. The minimum atomic E-state index is 0.510. The number of halogens is 1. The van der Waals surface area contributed by atoms with Crippen molar-refractivity contribution in [1.82, 2.24) is 0 Å². The third kappa shape index (κ3) is 5.16. The van der Waals surface area contributed by atoms with Crippen LogP contribution >= 0.6 is 15.9 Å². The molecular weight excluding hydrogens is 300 g/mol. The van der Waals surface area contributed by atoms with Crippen molar-refractivity contribution in [2.75, 3.05) is 33.5 Å². The smallest absolute Gasteiger partial charge is 0.153 e. The second-order valence-corrected chi connectivity index (χ2v) is 4.44. The highest BCUT2D eigenvalue weighted by atomic mass is 79.9.